The van der Waals surface area contributed by atoms with Gasteiger partial charge in [0, 0.05) is 0 Å². The Morgan fingerprint density at radius 1 is 0.750 bits per heavy atom. The van der Waals surface area contributed by atoms with Gasteiger partial charge in [-0.05, 0) is 36.0 Å². The maximum absolute atomic E-state index is 2.23. The van der Waals surface area contributed by atoms with Crippen molar-refractivity contribution in [2.75, 3.05) is 0 Å². The molecule has 5 radical (unpaired) electrons. The Kier molecular flexibility index (Phi) is 6.25. The van der Waals surface area contributed by atoms with Crippen LogP contribution in [0.25, 0.3) is 0 Å². The van der Waals surface area contributed by atoms with Crippen LogP contribution in [0, 0.1) is 29.6 Å². The summed E-state index contributed by atoms with van der Waals surface area (Å²) in [4.78, 5) is 0. The Bertz CT molecular complexity index is 119. The maximum Gasteiger partial charge on any atom is 1.00 e. The van der Waals surface area contributed by atoms with E-state index in [1.165, 1.54) is 30.1 Å². The molecule has 12 heavy (non-hydrogen) atoms. The summed E-state index contributed by atoms with van der Waals surface area (Å²) in [5.41, 5.74) is 0. The van der Waals surface area contributed by atoms with Gasteiger partial charge in [-0.2, -0.15) is 0 Å². The predicted octanol–water partition coefficient (Wildman–Crippen LogP) is 0.366. The Labute approximate surface area is 120 Å². The molecule has 1 rings (SSSR count). The van der Waals surface area contributed by atoms with Crippen molar-refractivity contribution in [1.82, 2.24) is 0 Å². The van der Waals surface area contributed by atoms with E-state index in [9.17, 15) is 0 Å². The van der Waals surface area contributed by atoms with Crippen molar-refractivity contribution in [3.8, 4) is 0 Å². The minimum atomic E-state index is 0. The third-order valence-electron chi connectivity index (χ3n) is 2.95. The summed E-state index contributed by atoms with van der Waals surface area (Å²) in [7, 11) is 0. The zero-order valence-corrected chi connectivity index (χ0v) is 12.3. The van der Waals surface area contributed by atoms with Crippen molar-refractivity contribution in [2.45, 2.75) is 41.0 Å². The summed E-state index contributed by atoms with van der Waals surface area (Å²) in [6.07, 6.45) is 1.17. The molecule has 0 aromatic rings. The fourth-order valence-electron chi connectivity index (χ4n) is 1.83. The van der Waals surface area contributed by atoms with Gasteiger partial charge in [-0.1, -0.05) is 34.6 Å². The number of hydrogen-bond donors (Lipinski definition) is 0. The molecule has 0 N–H and O–H groups in total. The Hall–Kier alpha value is 1.64. The number of rotatable bonds is 1. The molecular weight excluding hydrogens is 171 g/mol. The quantitative estimate of drug-likeness (QED) is 0.522. The van der Waals surface area contributed by atoms with Crippen LogP contribution >= 0.6 is 0 Å². The fraction of sp³-hybridized carbons (Fsp3) is 0.545. The van der Waals surface area contributed by atoms with Gasteiger partial charge in [-0.15, -0.1) is 0 Å². The Morgan fingerprint density at radius 2 is 1.08 bits per heavy atom. The molecule has 0 saturated heterocycles. The van der Waals surface area contributed by atoms with Crippen LogP contribution < -0.4 is 51.4 Å². The summed E-state index contributed by atoms with van der Waals surface area (Å²) in [6, 6.07) is 0. The fourth-order valence-corrected chi connectivity index (χ4v) is 1.83. The van der Waals surface area contributed by atoms with Crippen LogP contribution in [0.3, 0.4) is 0 Å². The summed E-state index contributed by atoms with van der Waals surface area (Å²) >= 11 is 0. The second-order valence-corrected chi connectivity index (χ2v) is 3.33. The Balaban J connectivity index is 0.00000121. The predicted molar refractivity (Wildman–Crippen MR) is 49.2 cm³/mol. The summed E-state index contributed by atoms with van der Waals surface area (Å²) in [6.45, 7) is 11.1. The van der Waals surface area contributed by atoms with Crippen molar-refractivity contribution in [2.24, 2.45) is 0 Å². The SMILES string of the molecule is CC[C]1[C](C)[C](C)[C](C)[C]1C.[K+]. The molecule has 0 aromatic carbocycles. The van der Waals surface area contributed by atoms with Crippen molar-refractivity contribution in [3.05, 3.63) is 29.6 Å². The van der Waals surface area contributed by atoms with Gasteiger partial charge in [-0.25, -0.2) is 0 Å². The molecule has 0 aromatic heterocycles. The van der Waals surface area contributed by atoms with Gasteiger partial charge in [0.1, 0.15) is 0 Å². The Morgan fingerprint density at radius 3 is 1.25 bits per heavy atom. The molecule has 1 aliphatic carbocycles. The van der Waals surface area contributed by atoms with E-state index in [2.05, 4.69) is 34.6 Å². The zero-order chi connectivity index (χ0) is 8.59. The van der Waals surface area contributed by atoms with Gasteiger partial charge in [0.2, 0.25) is 0 Å². The maximum atomic E-state index is 2.23. The minimum absolute atomic E-state index is 0. The van der Waals surface area contributed by atoms with Gasteiger partial charge in [-0.3, -0.25) is 0 Å². The molecule has 0 unspecified atom stereocenters. The van der Waals surface area contributed by atoms with Gasteiger partial charge in [0.25, 0.3) is 0 Å². The van der Waals surface area contributed by atoms with Crippen LogP contribution in [0.5, 0.6) is 0 Å². The van der Waals surface area contributed by atoms with Gasteiger partial charge >= 0.3 is 51.4 Å². The van der Waals surface area contributed by atoms with Crippen LogP contribution in [-0.4, -0.2) is 0 Å². The molecule has 1 saturated carbocycles. The van der Waals surface area contributed by atoms with E-state index >= 15 is 0 Å². The summed E-state index contributed by atoms with van der Waals surface area (Å²) in [5, 5.41) is 0. The smallest absolute Gasteiger partial charge is 0.0648 e. The van der Waals surface area contributed by atoms with E-state index in [0.717, 1.165) is 0 Å². The molecule has 1 aliphatic rings. The van der Waals surface area contributed by atoms with Gasteiger partial charge in [0.15, 0.2) is 0 Å². The molecule has 0 bridgehead atoms. The second kappa shape index (κ2) is 5.50. The summed E-state index contributed by atoms with van der Waals surface area (Å²) in [5.74, 6) is 7.53. The van der Waals surface area contributed by atoms with E-state index in [1.807, 2.05) is 0 Å². The first kappa shape index (κ1) is 13.6. The van der Waals surface area contributed by atoms with E-state index < -0.39 is 0 Å². The van der Waals surface area contributed by atoms with Gasteiger partial charge < -0.3 is 0 Å². The monoisotopic (exact) mass is 188 g/mol. The van der Waals surface area contributed by atoms with Crippen LogP contribution in [0.2, 0.25) is 0 Å². The molecule has 1 heteroatoms. The molecule has 0 aliphatic heterocycles. The second-order valence-electron chi connectivity index (χ2n) is 3.33. The molecule has 0 heterocycles. The first-order valence-electron chi connectivity index (χ1n) is 4.31. The van der Waals surface area contributed by atoms with E-state index in [4.69, 9.17) is 0 Å². The van der Waals surface area contributed by atoms with Crippen molar-refractivity contribution >= 4 is 0 Å². The minimum Gasteiger partial charge on any atom is -0.0648 e. The average molecular weight is 188 g/mol. The van der Waals surface area contributed by atoms with Crippen LogP contribution in [0.1, 0.15) is 41.0 Å². The molecular formula is C11H17K+. The molecule has 0 spiro atoms. The first-order valence-corrected chi connectivity index (χ1v) is 4.31. The molecule has 61 valence electrons. The summed E-state index contributed by atoms with van der Waals surface area (Å²) < 4.78 is 0. The molecule has 0 nitrogen and oxygen atoms in total. The van der Waals surface area contributed by atoms with E-state index in [-0.39, 0.29) is 51.4 Å². The average Bonchev–Trinajstić information content (AvgIpc) is 2.17. The van der Waals surface area contributed by atoms with E-state index in [0.29, 0.717) is 0 Å². The van der Waals surface area contributed by atoms with Crippen molar-refractivity contribution < 1.29 is 51.4 Å². The van der Waals surface area contributed by atoms with Crippen molar-refractivity contribution in [3.63, 3.8) is 0 Å². The largest absolute Gasteiger partial charge is 1.00 e. The van der Waals surface area contributed by atoms with Gasteiger partial charge in [0.05, 0.1) is 0 Å². The third kappa shape index (κ3) is 2.36. The van der Waals surface area contributed by atoms with Crippen LogP contribution in [-0.2, 0) is 0 Å². The van der Waals surface area contributed by atoms with Crippen molar-refractivity contribution in [1.29, 1.82) is 0 Å². The third-order valence-corrected chi connectivity index (χ3v) is 2.95. The molecule has 0 atom stereocenters. The zero-order valence-electron chi connectivity index (χ0n) is 9.21. The topological polar surface area (TPSA) is 0 Å². The van der Waals surface area contributed by atoms with Crippen LogP contribution in [0.4, 0.5) is 0 Å². The van der Waals surface area contributed by atoms with Crippen LogP contribution in [0.15, 0.2) is 0 Å². The molecule has 1 fully saturated rings. The standard InChI is InChI=1S/C11H17.K/c1-6-11-9(4)7(2)8(3)10(11)5;/h6H2,1-5H3;/q;+1. The van der Waals surface area contributed by atoms with E-state index in [1.54, 1.807) is 5.92 Å². The first-order chi connectivity index (χ1) is 5.09. The normalized spacial score (nSPS) is 24.8. The molecule has 0 amide bonds. The number of hydrogen-bond acceptors (Lipinski definition) is 0.